The lowest BCUT2D eigenvalue weighted by atomic mass is 10.0. The van der Waals surface area contributed by atoms with Gasteiger partial charge < -0.3 is 10.2 Å². The van der Waals surface area contributed by atoms with Crippen LogP contribution in [0.3, 0.4) is 0 Å². The minimum atomic E-state index is -0.298. The van der Waals surface area contributed by atoms with Crippen LogP contribution in [0.25, 0.3) is 16.8 Å². The van der Waals surface area contributed by atoms with Crippen molar-refractivity contribution < 1.29 is 9.59 Å². The maximum Gasteiger partial charge on any atom is 0.270 e. The summed E-state index contributed by atoms with van der Waals surface area (Å²) in [5.41, 5.74) is 1.71. The SMILES string of the molecule is O=C(NC(=Cc1cccc2ccccc12)C(=O)N1CCCCC1)c1cccc(Br)c1. The first-order valence-electron chi connectivity index (χ1n) is 10.2. The number of carbonyl (C=O) groups excluding carboxylic acids is 2. The highest BCUT2D eigenvalue weighted by atomic mass is 79.9. The summed E-state index contributed by atoms with van der Waals surface area (Å²) in [6.45, 7) is 1.44. The molecule has 2 amide bonds. The summed E-state index contributed by atoms with van der Waals surface area (Å²) in [5, 5.41) is 5.02. The van der Waals surface area contributed by atoms with Crippen molar-refractivity contribution in [2.45, 2.75) is 19.3 Å². The number of likely N-dealkylation sites (tertiary alicyclic amines) is 1. The molecule has 0 atom stereocenters. The summed E-state index contributed by atoms with van der Waals surface area (Å²) in [6.07, 6.45) is 4.92. The molecule has 1 N–H and O–H groups in total. The van der Waals surface area contributed by atoms with Crippen molar-refractivity contribution in [2.24, 2.45) is 0 Å². The second-order valence-corrected chi connectivity index (χ2v) is 8.36. The number of fused-ring (bicyclic) bond motifs is 1. The first-order chi connectivity index (χ1) is 14.6. The smallest absolute Gasteiger partial charge is 0.270 e. The van der Waals surface area contributed by atoms with Gasteiger partial charge >= 0.3 is 0 Å². The molecule has 0 unspecified atom stereocenters. The van der Waals surface area contributed by atoms with Crippen LogP contribution in [-0.2, 0) is 4.79 Å². The molecule has 5 heteroatoms. The van der Waals surface area contributed by atoms with E-state index in [4.69, 9.17) is 0 Å². The fourth-order valence-electron chi connectivity index (χ4n) is 3.77. The van der Waals surface area contributed by atoms with Crippen molar-refractivity contribution in [3.05, 3.63) is 88.0 Å². The topological polar surface area (TPSA) is 49.4 Å². The molecule has 4 rings (SSSR count). The van der Waals surface area contributed by atoms with Crippen molar-refractivity contribution in [1.29, 1.82) is 0 Å². The summed E-state index contributed by atoms with van der Waals surface area (Å²) < 4.78 is 0.817. The molecule has 4 nitrogen and oxygen atoms in total. The Balaban J connectivity index is 1.72. The standard InChI is InChI=1S/C25H23BrN2O2/c26-21-12-7-11-20(16-21)24(29)27-23(25(30)28-14-4-1-5-15-28)17-19-10-6-9-18-8-2-3-13-22(18)19/h2-3,6-13,16-17H,1,4-5,14-15H2,(H,27,29). The zero-order valence-electron chi connectivity index (χ0n) is 16.6. The minimum Gasteiger partial charge on any atom is -0.337 e. The Morgan fingerprint density at radius 3 is 2.43 bits per heavy atom. The van der Waals surface area contributed by atoms with Crippen LogP contribution in [0.1, 0.15) is 35.2 Å². The average molecular weight is 463 g/mol. The van der Waals surface area contributed by atoms with Gasteiger partial charge in [0.05, 0.1) is 0 Å². The number of amides is 2. The van der Waals surface area contributed by atoms with Crippen LogP contribution in [-0.4, -0.2) is 29.8 Å². The van der Waals surface area contributed by atoms with Gasteiger partial charge in [-0.05, 0) is 59.9 Å². The molecule has 1 aliphatic heterocycles. The third-order valence-corrected chi connectivity index (χ3v) is 5.83. The molecule has 0 aromatic heterocycles. The van der Waals surface area contributed by atoms with E-state index < -0.39 is 0 Å². The maximum atomic E-state index is 13.3. The van der Waals surface area contributed by atoms with E-state index in [2.05, 4.69) is 21.2 Å². The van der Waals surface area contributed by atoms with Crippen molar-refractivity contribution >= 4 is 44.6 Å². The molecule has 3 aromatic carbocycles. The van der Waals surface area contributed by atoms with Gasteiger partial charge in [0.25, 0.3) is 11.8 Å². The molecule has 0 aliphatic carbocycles. The number of carbonyl (C=O) groups is 2. The van der Waals surface area contributed by atoms with Gasteiger partial charge in [-0.3, -0.25) is 9.59 Å². The first kappa shape index (κ1) is 20.4. The fraction of sp³-hybridized carbons (Fsp3) is 0.200. The largest absolute Gasteiger partial charge is 0.337 e. The highest BCUT2D eigenvalue weighted by molar-refractivity contribution is 9.10. The molecule has 1 aliphatic rings. The van der Waals surface area contributed by atoms with E-state index in [-0.39, 0.29) is 11.8 Å². The van der Waals surface area contributed by atoms with Gasteiger partial charge in [-0.15, -0.1) is 0 Å². The van der Waals surface area contributed by atoms with Gasteiger partial charge in [0.2, 0.25) is 0 Å². The van der Waals surface area contributed by atoms with E-state index in [1.807, 2.05) is 53.4 Å². The van der Waals surface area contributed by atoms with Crippen molar-refractivity contribution in [1.82, 2.24) is 10.2 Å². The predicted octanol–water partition coefficient (Wildman–Crippen LogP) is 5.39. The Hall–Kier alpha value is -2.92. The molecule has 0 bridgehead atoms. The number of nitrogens with zero attached hydrogens (tertiary/aromatic N) is 1. The Morgan fingerprint density at radius 1 is 0.900 bits per heavy atom. The molecular weight excluding hydrogens is 440 g/mol. The van der Waals surface area contributed by atoms with Crippen molar-refractivity contribution in [3.8, 4) is 0 Å². The van der Waals surface area contributed by atoms with Crippen molar-refractivity contribution in [3.63, 3.8) is 0 Å². The van der Waals surface area contributed by atoms with E-state index in [0.717, 1.165) is 53.2 Å². The van der Waals surface area contributed by atoms with E-state index in [1.54, 1.807) is 24.3 Å². The zero-order chi connectivity index (χ0) is 20.9. The fourth-order valence-corrected chi connectivity index (χ4v) is 4.17. The van der Waals surface area contributed by atoms with Crippen LogP contribution in [0, 0.1) is 0 Å². The number of rotatable bonds is 4. The lowest BCUT2D eigenvalue weighted by Gasteiger charge is -2.27. The molecule has 1 fully saturated rings. The van der Waals surface area contributed by atoms with Gasteiger partial charge in [0.15, 0.2) is 0 Å². The number of nitrogens with one attached hydrogen (secondary N) is 1. The first-order valence-corrected chi connectivity index (χ1v) is 11.0. The lowest BCUT2D eigenvalue weighted by molar-refractivity contribution is -0.128. The zero-order valence-corrected chi connectivity index (χ0v) is 18.2. The molecule has 152 valence electrons. The second kappa shape index (κ2) is 9.26. The monoisotopic (exact) mass is 462 g/mol. The molecule has 30 heavy (non-hydrogen) atoms. The summed E-state index contributed by atoms with van der Waals surface area (Å²) in [7, 11) is 0. The van der Waals surface area contributed by atoms with Crippen LogP contribution in [0.2, 0.25) is 0 Å². The van der Waals surface area contributed by atoms with Gasteiger partial charge in [-0.1, -0.05) is 64.5 Å². The second-order valence-electron chi connectivity index (χ2n) is 7.44. The van der Waals surface area contributed by atoms with Gasteiger partial charge in [0, 0.05) is 23.1 Å². The predicted molar refractivity (Wildman–Crippen MR) is 124 cm³/mol. The molecule has 3 aromatic rings. The summed E-state index contributed by atoms with van der Waals surface area (Å²) in [5.74, 6) is -0.431. The van der Waals surface area contributed by atoms with Crippen LogP contribution in [0.5, 0.6) is 0 Å². The number of benzene rings is 3. The highest BCUT2D eigenvalue weighted by Crippen LogP contribution is 2.22. The van der Waals surface area contributed by atoms with E-state index >= 15 is 0 Å². The normalized spacial score (nSPS) is 14.6. The molecule has 1 saturated heterocycles. The van der Waals surface area contributed by atoms with Crippen LogP contribution < -0.4 is 5.32 Å². The Bertz CT molecular complexity index is 1110. The van der Waals surface area contributed by atoms with Gasteiger partial charge in [-0.25, -0.2) is 0 Å². The van der Waals surface area contributed by atoms with Crippen LogP contribution in [0.4, 0.5) is 0 Å². The van der Waals surface area contributed by atoms with E-state index in [9.17, 15) is 9.59 Å². The third-order valence-electron chi connectivity index (χ3n) is 5.33. The van der Waals surface area contributed by atoms with E-state index in [0.29, 0.717) is 11.3 Å². The number of piperidine rings is 1. The third kappa shape index (κ3) is 4.62. The Kier molecular flexibility index (Phi) is 6.29. The van der Waals surface area contributed by atoms with Crippen LogP contribution >= 0.6 is 15.9 Å². The number of hydrogen-bond donors (Lipinski definition) is 1. The summed E-state index contributed by atoms with van der Waals surface area (Å²) in [4.78, 5) is 28.0. The molecular formula is C25H23BrN2O2. The molecule has 0 radical (unpaired) electrons. The van der Waals surface area contributed by atoms with E-state index in [1.165, 1.54) is 0 Å². The summed E-state index contributed by atoms with van der Waals surface area (Å²) >= 11 is 3.40. The lowest BCUT2D eigenvalue weighted by Crippen LogP contribution is -2.41. The Morgan fingerprint density at radius 2 is 1.63 bits per heavy atom. The molecule has 1 heterocycles. The molecule has 0 spiro atoms. The Labute approximate surface area is 184 Å². The number of halogens is 1. The maximum absolute atomic E-state index is 13.3. The highest BCUT2D eigenvalue weighted by Gasteiger charge is 2.22. The van der Waals surface area contributed by atoms with Gasteiger partial charge in [0.1, 0.15) is 5.70 Å². The quantitative estimate of drug-likeness (QED) is 0.528. The van der Waals surface area contributed by atoms with Crippen molar-refractivity contribution in [2.75, 3.05) is 13.1 Å². The molecule has 0 saturated carbocycles. The number of hydrogen-bond acceptors (Lipinski definition) is 2. The average Bonchev–Trinajstić information content (AvgIpc) is 2.79. The minimum absolute atomic E-state index is 0.133. The van der Waals surface area contributed by atoms with Crippen LogP contribution in [0.15, 0.2) is 76.9 Å². The summed E-state index contributed by atoms with van der Waals surface area (Å²) in [6, 6.07) is 21.2. The van der Waals surface area contributed by atoms with Gasteiger partial charge in [-0.2, -0.15) is 0 Å².